The largest absolute Gasteiger partial charge is 0.514 e. The van der Waals surface area contributed by atoms with Gasteiger partial charge in [0.15, 0.2) is 11.8 Å². The highest BCUT2D eigenvalue weighted by molar-refractivity contribution is 5.95. The van der Waals surface area contributed by atoms with E-state index in [0.717, 1.165) is 15.9 Å². The van der Waals surface area contributed by atoms with Crippen molar-refractivity contribution in [1.29, 1.82) is 0 Å². The molecule has 2 atom stereocenters. The number of tetrazole rings is 1. The predicted molar refractivity (Wildman–Crippen MR) is 76.1 cm³/mol. The monoisotopic (exact) mass is 299 g/mol. The number of carbonyl (C=O) groups excluding carboxylic acids is 1. The Kier molecular flexibility index (Phi) is 3.50. The molecule has 0 saturated heterocycles. The van der Waals surface area contributed by atoms with E-state index in [0.29, 0.717) is 6.42 Å². The summed E-state index contributed by atoms with van der Waals surface area (Å²) in [5, 5.41) is 21.5. The Labute approximate surface area is 125 Å². The fourth-order valence-electron chi connectivity index (χ4n) is 2.73. The number of carbonyl (C=O) groups is 1. The summed E-state index contributed by atoms with van der Waals surface area (Å²) in [4.78, 5) is 23.4. The van der Waals surface area contributed by atoms with Gasteiger partial charge < -0.3 is 10.1 Å². The quantitative estimate of drug-likeness (QED) is 0.632. The molecule has 0 amide bonds. The molecule has 8 heteroatoms. The van der Waals surface area contributed by atoms with Crippen molar-refractivity contribution in [3.8, 4) is 0 Å². The van der Waals surface area contributed by atoms with Gasteiger partial charge in [-0.05, 0) is 29.9 Å². The Balaban J connectivity index is 2.04. The number of hydrogen-bond donors (Lipinski definition) is 0. The fourth-order valence-corrected chi connectivity index (χ4v) is 2.73. The van der Waals surface area contributed by atoms with Crippen LogP contribution in [0.4, 0.5) is 5.95 Å². The standard InChI is InChI=1S/C14H13N5O3/c1-9-7-11(10-5-3-2-4-6-10)13(12(20)8-9)18-16-14(15-17-18)19(21)22/h2-6,8,11,13H,7H2,1H3. The molecule has 2 unspecified atom stereocenters. The van der Waals surface area contributed by atoms with Gasteiger partial charge in [0.2, 0.25) is 0 Å². The van der Waals surface area contributed by atoms with E-state index in [-0.39, 0.29) is 11.7 Å². The van der Waals surface area contributed by atoms with E-state index in [1.165, 1.54) is 0 Å². The molecular formula is C14H13N5O3. The third kappa shape index (κ3) is 2.50. The molecule has 1 aliphatic carbocycles. The molecule has 0 bridgehead atoms. The van der Waals surface area contributed by atoms with E-state index in [2.05, 4.69) is 15.4 Å². The Hall–Kier alpha value is -2.90. The van der Waals surface area contributed by atoms with Crippen molar-refractivity contribution in [3.63, 3.8) is 0 Å². The molecule has 0 saturated carbocycles. The van der Waals surface area contributed by atoms with E-state index in [9.17, 15) is 14.9 Å². The Morgan fingerprint density at radius 2 is 2.05 bits per heavy atom. The summed E-state index contributed by atoms with van der Waals surface area (Å²) in [5.41, 5.74) is 1.93. The van der Waals surface area contributed by atoms with Crippen LogP contribution in [0.3, 0.4) is 0 Å². The molecular weight excluding hydrogens is 286 g/mol. The molecule has 112 valence electrons. The van der Waals surface area contributed by atoms with E-state index in [1.54, 1.807) is 6.08 Å². The summed E-state index contributed by atoms with van der Waals surface area (Å²) >= 11 is 0. The third-order valence-electron chi connectivity index (χ3n) is 3.66. The van der Waals surface area contributed by atoms with Crippen LogP contribution in [0.25, 0.3) is 0 Å². The maximum absolute atomic E-state index is 12.4. The first-order valence-electron chi connectivity index (χ1n) is 6.76. The van der Waals surface area contributed by atoms with E-state index in [4.69, 9.17) is 0 Å². The summed E-state index contributed by atoms with van der Waals surface area (Å²) in [5.74, 6) is -0.955. The minimum absolute atomic E-state index is 0.174. The highest BCUT2D eigenvalue weighted by Gasteiger charge is 2.38. The lowest BCUT2D eigenvalue weighted by molar-refractivity contribution is -0.394. The van der Waals surface area contributed by atoms with Gasteiger partial charge in [0.1, 0.15) is 0 Å². The highest BCUT2D eigenvalue weighted by atomic mass is 16.6. The number of rotatable bonds is 3. The number of ketones is 1. The Bertz CT molecular complexity index is 753. The van der Waals surface area contributed by atoms with Crippen LogP contribution in [0.2, 0.25) is 0 Å². The van der Waals surface area contributed by atoms with Crippen LogP contribution >= 0.6 is 0 Å². The lowest BCUT2D eigenvalue weighted by Gasteiger charge is -2.27. The number of benzene rings is 1. The molecule has 1 aromatic heterocycles. The first kappa shape index (κ1) is 14.1. The van der Waals surface area contributed by atoms with Crippen LogP contribution in [-0.4, -0.2) is 30.9 Å². The first-order valence-corrected chi connectivity index (χ1v) is 6.76. The average Bonchev–Trinajstić information content (AvgIpc) is 2.97. The molecule has 0 radical (unpaired) electrons. The molecule has 0 N–H and O–H groups in total. The van der Waals surface area contributed by atoms with Gasteiger partial charge in [-0.1, -0.05) is 40.7 Å². The van der Waals surface area contributed by atoms with Crippen molar-refractivity contribution in [2.75, 3.05) is 0 Å². The SMILES string of the molecule is CC1=CC(=O)C(n2nnc([N+](=O)[O-])n2)C(c2ccccc2)C1. The topological polar surface area (TPSA) is 104 Å². The van der Waals surface area contributed by atoms with E-state index >= 15 is 0 Å². The second-order valence-electron chi connectivity index (χ2n) is 5.23. The number of nitrogens with zero attached hydrogens (tertiary/aromatic N) is 5. The number of aromatic nitrogens is 4. The lowest BCUT2D eigenvalue weighted by Crippen LogP contribution is -2.30. The molecule has 1 aliphatic rings. The smallest absolute Gasteiger partial charge is 0.390 e. The van der Waals surface area contributed by atoms with Crippen LogP contribution < -0.4 is 0 Å². The minimum Gasteiger partial charge on any atom is -0.390 e. The summed E-state index contributed by atoms with van der Waals surface area (Å²) in [6.07, 6.45) is 2.20. The Morgan fingerprint density at radius 3 is 2.68 bits per heavy atom. The maximum atomic E-state index is 12.4. The van der Waals surface area contributed by atoms with Crippen molar-refractivity contribution in [2.24, 2.45) is 0 Å². The zero-order valence-electron chi connectivity index (χ0n) is 11.8. The molecule has 22 heavy (non-hydrogen) atoms. The molecule has 2 aromatic rings. The van der Waals surface area contributed by atoms with Crippen LogP contribution in [0.1, 0.15) is 30.9 Å². The van der Waals surface area contributed by atoms with Crippen molar-refractivity contribution < 1.29 is 9.72 Å². The van der Waals surface area contributed by atoms with Crippen molar-refractivity contribution in [1.82, 2.24) is 20.2 Å². The maximum Gasteiger partial charge on any atom is 0.514 e. The number of hydrogen-bond acceptors (Lipinski definition) is 6. The second kappa shape index (κ2) is 5.47. The summed E-state index contributed by atoms with van der Waals surface area (Å²) in [6.45, 7) is 1.89. The van der Waals surface area contributed by atoms with Crippen molar-refractivity contribution in [2.45, 2.75) is 25.3 Å². The first-order chi connectivity index (χ1) is 10.6. The molecule has 3 rings (SSSR count). The molecule has 0 aliphatic heterocycles. The van der Waals surface area contributed by atoms with Gasteiger partial charge >= 0.3 is 5.95 Å². The van der Waals surface area contributed by atoms with Crippen LogP contribution in [0, 0.1) is 10.1 Å². The van der Waals surface area contributed by atoms with Crippen molar-refractivity contribution >= 4 is 11.7 Å². The molecule has 8 nitrogen and oxygen atoms in total. The van der Waals surface area contributed by atoms with Crippen molar-refractivity contribution in [3.05, 3.63) is 57.7 Å². The second-order valence-corrected chi connectivity index (χ2v) is 5.23. The molecule has 0 fully saturated rings. The lowest BCUT2D eigenvalue weighted by atomic mass is 9.80. The zero-order valence-corrected chi connectivity index (χ0v) is 11.8. The molecule has 0 spiro atoms. The van der Waals surface area contributed by atoms with Crippen LogP contribution in [0.5, 0.6) is 0 Å². The van der Waals surface area contributed by atoms with Gasteiger partial charge in [-0.3, -0.25) is 4.79 Å². The van der Waals surface area contributed by atoms with Gasteiger partial charge in [-0.2, -0.15) is 0 Å². The van der Waals surface area contributed by atoms with Gasteiger partial charge in [-0.15, -0.1) is 0 Å². The number of allylic oxidation sites excluding steroid dienone is 2. The fraction of sp³-hybridized carbons (Fsp3) is 0.286. The summed E-state index contributed by atoms with van der Waals surface area (Å²) in [6, 6.07) is 8.81. The summed E-state index contributed by atoms with van der Waals surface area (Å²) in [7, 11) is 0. The van der Waals surface area contributed by atoms with Gasteiger partial charge in [-0.25, -0.2) is 0 Å². The number of nitro groups is 1. The van der Waals surface area contributed by atoms with Gasteiger partial charge in [0.25, 0.3) is 0 Å². The van der Waals surface area contributed by atoms with Gasteiger partial charge in [0, 0.05) is 11.1 Å². The normalized spacial score (nSPS) is 21.5. The Morgan fingerprint density at radius 1 is 1.32 bits per heavy atom. The van der Waals surface area contributed by atoms with Gasteiger partial charge in [0.05, 0.1) is 10.2 Å². The van der Waals surface area contributed by atoms with E-state index < -0.39 is 16.9 Å². The minimum atomic E-state index is -0.727. The van der Waals surface area contributed by atoms with Crippen LogP contribution in [0.15, 0.2) is 42.0 Å². The third-order valence-corrected chi connectivity index (χ3v) is 3.66. The van der Waals surface area contributed by atoms with Crippen LogP contribution in [-0.2, 0) is 4.79 Å². The molecule has 1 heterocycles. The summed E-state index contributed by atoms with van der Waals surface area (Å²) < 4.78 is 0. The predicted octanol–water partition coefficient (Wildman–Crippen LogP) is 1.83. The zero-order chi connectivity index (χ0) is 15.7. The highest BCUT2D eigenvalue weighted by Crippen LogP contribution is 2.38. The average molecular weight is 299 g/mol. The molecule has 1 aromatic carbocycles. The van der Waals surface area contributed by atoms with E-state index in [1.807, 2.05) is 37.3 Å².